The van der Waals surface area contributed by atoms with Crippen LogP contribution in [0.5, 0.6) is 0 Å². The highest BCUT2D eigenvalue weighted by atomic mass is 35.5. The molecular formula is C15H19ClN4S. The first-order chi connectivity index (χ1) is 10.0. The standard InChI is InChI=1S/C15H19ClN4S/c1-9(2)14-10(3)18-13(19-15(14)20-17)8-21-12-6-4-5-11(16)7-12/h4-7,9H,8,17H2,1-3H3,(H,18,19,20). The minimum atomic E-state index is 0.325. The van der Waals surface area contributed by atoms with E-state index < -0.39 is 0 Å². The zero-order chi connectivity index (χ0) is 15.4. The maximum Gasteiger partial charge on any atom is 0.147 e. The molecule has 1 aromatic carbocycles. The maximum atomic E-state index is 5.98. The van der Waals surface area contributed by atoms with Crippen LogP contribution in [0.1, 0.15) is 36.8 Å². The molecule has 0 fully saturated rings. The number of nitrogens with zero attached hydrogens (tertiary/aromatic N) is 2. The van der Waals surface area contributed by atoms with Gasteiger partial charge in [0.25, 0.3) is 0 Å². The second-order valence-corrected chi connectivity index (χ2v) is 6.52. The predicted molar refractivity (Wildman–Crippen MR) is 89.7 cm³/mol. The molecule has 2 rings (SSSR count). The van der Waals surface area contributed by atoms with Gasteiger partial charge in [-0.05, 0) is 31.0 Å². The molecule has 0 atom stereocenters. The van der Waals surface area contributed by atoms with Crippen LogP contribution in [-0.4, -0.2) is 9.97 Å². The lowest BCUT2D eigenvalue weighted by atomic mass is 10.0. The maximum absolute atomic E-state index is 5.98. The second-order valence-electron chi connectivity index (χ2n) is 5.03. The van der Waals surface area contributed by atoms with Crippen LogP contribution in [0.4, 0.5) is 5.82 Å². The van der Waals surface area contributed by atoms with Gasteiger partial charge in [0.1, 0.15) is 11.6 Å². The molecule has 0 saturated carbocycles. The van der Waals surface area contributed by atoms with E-state index in [1.165, 1.54) is 0 Å². The summed E-state index contributed by atoms with van der Waals surface area (Å²) < 4.78 is 0. The number of nitrogens with one attached hydrogen (secondary N) is 1. The summed E-state index contributed by atoms with van der Waals surface area (Å²) in [4.78, 5) is 10.2. The van der Waals surface area contributed by atoms with E-state index in [1.54, 1.807) is 11.8 Å². The number of aromatic nitrogens is 2. The topological polar surface area (TPSA) is 63.8 Å². The molecule has 21 heavy (non-hydrogen) atoms. The van der Waals surface area contributed by atoms with Gasteiger partial charge >= 0.3 is 0 Å². The molecule has 0 spiro atoms. The largest absolute Gasteiger partial charge is 0.308 e. The van der Waals surface area contributed by atoms with Crippen LogP contribution >= 0.6 is 23.4 Å². The van der Waals surface area contributed by atoms with Crippen molar-refractivity contribution >= 4 is 29.2 Å². The highest BCUT2D eigenvalue weighted by molar-refractivity contribution is 7.98. The fourth-order valence-corrected chi connectivity index (χ4v) is 3.27. The smallest absolute Gasteiger partial charge is 0.147 e. The molecule has 0 saturated heterocycles. The molecule has 1 aromatic heterocycles. The van der Waals surface area contributed by atoms with Crippen LogP contribution in [0, 0.1) is 6.92 Å². The molecule has 0 bridgehead atoms. The molecule has 6 heteroatoms. The Balaban J connectivity index is 2.19. The first kappa shape index (κ1) is 16.1. The van der Waals surface area contributed by atoms with E-state index in [-0.39, 0.29) is 0 Å². The van der Waals surface area contributed by atoms with Gasteiger partial charge in [-0.2, -0.15) is 0 Å². The molecule has 0 unspecified atom stereocenters. The van der Waals surface area contributed by atoms with Gasteiger partial charge < -0.3 is 5.43 Å². The summed E-state index contributed by atoms with van der Waals surface area (Å²) in [6, 6.07) is 7.75. The number of thioether (sulfide) groups is 1. The zero-order valence-corrected chi connectivity index (χ0v) is 13.9. The summed E-state index contributed by atoms with van der Waals surface area (Å²) in [5.41, 5.74) is 4.72. The Kier molecular flexibility index (Phi) is 5.45. The SMILES string of the molecule is Cc1nc(CSc2cccc(Cl)c2)nc(NN)c1C(C)C. The van der Waals surface area contributed by atoms with Crippen LogP contribution < -0.4 is 11.3 Å². The van der Waals surface area contributed by atoms with E-state index in [4.69, 9.17) is 17.4 Å². The number of hydrogen-bond donors (Lipinski definition) is 2. The van der Waals surface area contributed by atoms with Gasteiger partial charge in [0.2, 0.25) is 0 Å². The first-order valence-corrected chi connectivity index (χ1v) is 8.10. The lowest BCUT2D eigenvalue weighted by molar-refractivity contribution is 0.818. The minimum Gasteiger partial charge on any atom is -0.308 e. The van der Waals surface area contributed by atoms with Crippen molar-refractivity contribution < 1.29 is 0 Å². The Bertz CT molecular complexity index is 631. The molecule has 112 valence electrons. The van der Waals surface area contributed by atoms with Crippen molar-refractivity contribution in [2.45, 2.75) is 37.3 Å². The molecule has 0 aliphatic heterocycles. The van der Waals surface area contributed by atoms with Crippen LogP contribution in [-0.2, 0) is 5.75 Å². The summed E-state index contributed by atoms with van der Waals surface area (Å²) >= 11 is 7.64. The third kappa shape index (κ3) is 4.09. The van der Waals surface area contributed by atoms with Gasteiger partial charge in [0.15, 0.2) is 0 Å². The monoisotopic (exact) mass is 322 g/mol. The highest BCUT2D eigenvalue weighted by Crippen LogP contribution is 2.28. The Hall–Kier alpha value is -1.30. The van der Waals surface area contributed by atoms with Crippen molar-refractivity contribution in [3.8, 4) is 0 Å². The minimum absolute atomic E-state index is 0.325. The summed E-state index contributed by atoms with van der Waals surface area (Å²) in [7, 11) is 0. The molecule has 4 nitrogen and oxygen atoms in total. The molecule has 0 radical (unpaired) electrons. The van der Waals surface area contributed by atoms with Gasteiger partial charge in [-0.15, -0.1) is 11.8 Å². The summed E-state index contributed by atoms with van der Waals surface area (Å²) in [5, 5.41) is 0.733. The van der Waals surface area contributed by atoms with Crippen molar-refractivity contribution in [2.24, 2.45) is 5.84 Å². The first-order valence-electron chi connectivity index (χ1n) is 6.73. The second kappa shape index (κ2) is 7.11. The van der Waals surface area contributed by atoms with E-state index in [2.05, 4.69) is 29.2 Å². The molecule has 0 amide bonds. The van der Waals surface area contributed by atoms with E-state index in [0.29, 0.717) is 17.5 Å². The Morgan fingerprint density at radius 2 is 2.10 bits per heavy atom. The fourth-order valence-electron chi connectivity index (χ4n) is 2.21. The average Bonchev–Trinajstić information content (AvgIpc) is 2.44. The summed E-state index contributed by atoms with van der Waals surface area (Å²) in [6.07, 6.45) is 0. The Morgan fingerprint density at radius 3 is 2.71 bits per heavy atom. The Morgan fingerprint density at radius 1 is 1.33 bits per heavy atom. The lowest BCUT2D eigenvalue weighted by Gasteiger charge is -2.15. The van der Waals surface area contributed by atoms with E-state index in [0.717, 1.165) is 27.0 Å². The fraction of sp³-hybridized carbons (Fsp3) is 0.333. The molecular weight excluding hydrogens is 304 g/mol. The highest BCUT2D eigenvalue weighted by Gasteiger charge is 2.14. The zero-order valence-electron chi connectivity index (χ0n) is 12.4. The number of halogens is 1. The molecule has 0 aliphatic carbocycles. The van der Waals surface area contributed by atoms with Crippen molar-refractivity contribution in [1.82, 2.24) is 9.97 Å². The average molecular weight is 323 g/mol. The quantitative estimate of drug-likeness (QED) is 0.492. The number of hydrazine groups is 1. The summed E-state index contributed by atoms with van der Waals surface area (Å²) in [6.45, 7) is 6.20. The molecule has 1 heterocycles. The molecule has 0 aliphatic rings. The molecule has 2 aromatic rings. The number of nitrogens with two attached hydrogens (primary N) is 1. The van der Waals surface area contributed by atoms with Crippen molar-refractivity contribution in [3.05, 3.63) is 46.4 Å². The number of rotatable bonds is 5. The van der Waals surface area contributed by atoms with Crippen molar-refractivity contribution in [2.75, 3.05) is 5.43 Å². The normalized spacial score (nSPS) is 11.0. The van der Waals surface area contributed by atoms with Crippen LogP contribution in [0.25, 0.3) is 0 Å². The van der Waals surface area contributed by atoms with Gasteiger partial charge in [0.05, 0.1) is 5.75 Å². The summed E-state index contributed by atoms with van der Waals surface area (Å²) in [5.74, 6) is 8.06. The van der Waals surface area contributed by atoms with Crippen LogP contribution in [0.2, 0.25) is 5.02 Å². The van der Waals surface area contributed by atoms with Gasteiger partial charge in [-0.1, -0.05) is 31.5 Å². The Labute approximate surface area is 134 Å². The third-order valence-corrected chi connectivity index (χ3v) is 4.29. The van der Waals surface area contributed by atoms with E-state index in [1.807, 2.05) is 31.2 Å². The lowest BCUT2D eigenvalue weighted by Crippen LogP contribution is -2.15. The van der Waals surface area contributed by atoms with Crippen molar-refractivity contribution in [3.63, 3.8) is 0 Å². The number of nitrogen functional groups attached to an aromatic ring is 1. The third-order valence-electron chi connectivity index (χ3n) is 3.06. The number of anilines is 1. The van der Waals surface area contributed by atoms with Gasteiger partial charge in [0, 0.05) is 21.2 Å². The van der Waals surface area contributed by atoms with Crippen LogP contribution in [0.3, 0.4) is 0 Å². The molecule has 3 N–H and O–H groups in total. The number of hydrogen-bond acceptors (Lipinski definition) is 5. The van der Waals surface area contributed by atoms with Crippen molar-refractivity contribution in [1.29, 1.82) is 0 Å². The number of aryl methyl sites for hydroxylation is 1. The van der Waals surface area contributed by atoms with E-state index >= 15 is 0 Å². The van der Waals surface area contributed by atoms with Gasteiger partial charge in [-0.25, -0.2) is 15.8 Å². The van der Waals surface area contributed by atoms with E-state index in [9.17, 15) is 0 Å². The van der Waals surface area contributed by atoms with Gasteiger partial charge in [-0.3, -0.25) is 0 Å². The predicted octanol–water partition coefficient (Wildman–Crippen LogP) is 4.14. The van der Waals surface area contributed by atoms with Crippen LogP contribution in [0.15, 0.2) is 29.2 Å². The number of benzene rings is 1.